The molecule has 0 saturated carbocycles. The van der Waals surface area contributed by atoms with Crippen LogP contribution >= 0.6 is 0 Å². The number of hydrogen-bond acceptors (Lipinski definition) is 2. The lowest BCUT2D eigenvalue weighted by atomic mass is 10.0. The lowest BCUT2D eigenvalue weighted by Crippen LogP contribution is -2.38. The van der Waals surface area contributed by atoms with Crippen molar-refractivity contribution < 1.29 is 0 Å². The smallest absolute Gasteiger partial charge is 0.101 e. The van der Waals surface area contributed by atoms with Gasteiger partial charge < -0.3 is 9.80 Å². The molecule has 1 atom stereocenters. The quantitative estimate of drug-likeness (QED) is 0.209. The van der Waals surface area contributed by atoms with Crippen molar-refractivity contribution >= 4 is 0 Å². The van der Waals surface area contributed by atoms with Crippen LogP contribution in [0.25, 0.3) is 0 Å². The predicted octanol–water partition coefficient (Wildman–Crippen LogP) is 8.09. The molecule has 0 saturated heterocycles. The van der Waals surface area contributed by atoms with Crippen LogP contribution in [0.4, 0.5) is 0 Å². The Morgan fingerprint density at radius 3 is 1.48 bits per heavy atom. The van der Waals surface area contributed by atoms with Crippen molar-refractivity contribution in [1.29, 1.82) is 0 Å². The highest BCUT2D eigenvalue weighted by Gasteiger charge is 2.23. The summed E-state index contributed by atoms with van der Waals surface area (Å²) in [7, 11) is 0. The molecule has 1 rings (SSSR count). The van der Waals surface area contributed by atoms with Crippen LogP contribution in [-0.4, -0.2) is 29.1 Å². The summed E-state index contributed by atoms with van der Waals surface area (Å²) < 4.78 is 0. The summed E-state index contributed by atoms with van der Waals surface area (Å²) in [6, 6.07) is 0. The second kappa shape index (κ2) is 17.4. The molecular formula is C25H50N2. The maximum absolute atomic E-state index is 2.61. The molecule has 0 bridgehead atoms. The third-order valence-corrected chi connectivity index (χ3v) is 6.17. The Morgan fingerprint density at radius 1 is 0.519 bits per heavy atom. The Hall–Kier alpha value is -0.660. The van der Waals surface area contributed by atoms with E-state index >= 15 is 0 Å². The van der Waals surface area contributed by atoms with Crippen molar-refractivity contribution in [2.45, 2.75) is 136 Å². The van der Waals surface area contributed by atoms with Gasteiger partial charge in [-0.25, -0.2) is 0 Å². The minimum absolute atomic E-state index is 0.639. The summed E-state index contributed by atoms with van der Waals surface area (Å²) in [5.41, 5.74) is 0. The number of nitrogens with zero attached hydrogens (tertiary/aromatic N) is 2. The number of hydrogen-bond donors (Lipinski definition) is 0. The molecule has 0 fully saturated rings. The zero-order valence-corrected chi connectivity index (χ0v) is 19.1. The first kappa shape index (κ1) is 24.4. The molecule has 0 amide bonds. The summed E-state index contributed by atoms with van der Waals surface area (Å²) in [5.74, 6) is 0. The van der Waals surface area contributed by atoms with Gasteiger partial charge in [-0.05, 0) is 26.2 Å². The highest BCUT2D eigenvalue weighted by Crippen LogP contribution is 2.22. The molecule has 0 aromatic heterocycles. The average Bonchev–Trinajstić information content (AvgIpc) is 3.08. The van der Waals surface area contributed by atoms with Gasteiger partial charge in [0.15, 0.2) is 0 Å². The summed E-state index contributed by atoms with van der Waals surface area (Å²) in [6.45, 7) is 9.28. The van der Waals surface area contributed by atoms with Crippen LogP contribution in [0.5, 0.6) is 0 Å². The topological polar surface area (TPSA) is 6.48 Å². The maximum atomic E-state index is 2.61. The zero-order valence-electron chi connectivity index (χ0n) is 19.1. The summed E-state index contributed by atoms with van der Waals surface area (Å²) in [6.07, 6.45) is 29.4. The monoisotopic (exact) mass is 378 g/mol. The SMILES string of the molecule is CCCCCCCCCCCCCCC1N(CC)C=CN1CCCCCC. The highest BCUT2D eigenvalue weighted by molar-refractivity contribution is 4.96. The van der Waals surface area contributed by atoms with E-state index in [9.17, 15) is 0 Å². The van der Waals surface area contributed by atoms with Gasteiger partial charge in [0.05, 0.1) is 0 Å². The molecular weight excluding hydrogens is 328 g/mol. The van der Waals surface area contributed by atoms with E-state index in [0.717, 1.165) is 6.54 Å². The van der Waals surface area contributed by atoms with Gasteiger partial charge in [0.25, 0.3) is 0 Å². The first-order valence-corrected chi connectivity index (χ1v) is 12.5. The third-order valence-electron chi connectivity index (χ3n) is 6.17. The van der Waals surface area contributed by atoms with E-state index < -0.39 is 0 Å². The molecule has 0 radical (unpaired) electrons. The molecule has 2 heteroatoms. The van der Waals surface area contributed by atoms with Gasteiger partial charge in [-0.1, -0.05) is 104 Å². The molecule has 0 N–H and O–H groups in total. The van der Waals surface area contributed by atoms with Gasteiger partial charge in [0.1, 0.15) is 6.17 Å². The van der Waals surface area contributed by atoms with E-state index in [2.05, 4.69) is 43.0 Å². The van der Waals surface area contributed by atoms with Gasteiger partial charge in [0, 0.05) is 25.5 Å². The van der Waals surface area contributed by atoms with Gasteiger partial charge >= 0.3 is 0 Å². The molecule has 1 heterocycles. The van der Waals surface area contributed by atoms with Crippen LogP contribution in [0.2, 0.25) is 0 Å². The standard InChI is InChI=1S/C25H50N2/c1-4-7-9-11-12-13-14-15-16-17-18-19-21-25-26(6-3)23-24-27(25)22-20-10-8-5-2/h23-25H,4-22H2,1-3H3. The molecule has 160 valence electrons. The Labute approximate surface area is 171 Å². The van der Waals surface area contributed by atoms with Gasteiger partial charge in [-0.3, -0.25) is 0 Å². The van der Waals surface area contributed by atoms with Gasteiger partial charge in [0.2, 0.25) is 0 Å². The molecule has 27 heavy (non-hydrogen) atoms. The molecule has 0 aromatic rings. The zero-order chi connectivity index (χ0) is 19.6. The van der Waals surface area contributed by atoms with E-state index in [1.165, 1.54) is 116 Å². The fourth-order valence-corrected chi connectivity index (χ4v) is 4.32. The minimum atomic E-state index is 0.639. The van der Waals surface area contributed by atoms with Crippen molar-refractivity contribution in [3.8, 4) is 0 Å². The Bertz CT molecular complexity index is 339. The van der Waals surface area contributed by atoms with Crippen molar-refractivity contribution in [3.05, 3.63) is 12.4 Å². The summed E-state index contributed by atoms with van der Waals surface area (Å²) >= 11 is 0. The maximum Gasteiger partial charge on any atom is 0.101 e. The minimum Gasteiger partial charge on any atom is -0.356 e. The fraction of sp³-hybridized carbons (Fsp3) is 0.920. The highest BCUT2D eigenvalue weighted by atomic mass is 15.4. The van der Waals surface area contributed by atoms with Crippen LogP contribution in [0, 0.1) is 0 Å². The third kappa shape index (κ3) is 11.7. The molecule has 0 aromatic carbocycles. The summed E-state index contributed by atoms with van der Waals surface area (Å²) in [4.78, 5) is 5.15. The van der Waals surface area contributed by atoms with Crippen molar-refractivity contribution in [2.24, 2.45) is 0 Å². The largest absolute Gasteiger partial charge is 0.356 e. The normalized spacial score (nSPS) is 16.6. The van der Waals surface area contributed by atoms with E-state index in [-0.39, 0.29) is 0 Å². The number of rotatable bonds is 19. The summed E-state index contributed by atoms with van der Waals surface area (Å²) in [5, 5.41) is 0. The fourth-order valence-electron chi connectivity index (χ4n) is 4.32. The lowest BCUT2D eigenvalue weighted by molar-refractivity contribution is 0.142. The van der Waals surface area contributed by atoms with Gasteiger partial charge in [-0.2, -0.15) is 0 Å². The van der Waals surface area contributed by atoms with E-state index in [0.29, 0.717) is 6.17 Å². The first-order chi connectivity index (χ1) is 13.3. The molecule has 1 aliphatic heterocycles. The molecule has 1 aliphatic rings. The van der Waals surface area contributed by atoms with Crippen LogP contribution < -0.4 is 0 Å². The van der Waals surface area contributed by atoms with Crippen LogP contribution in [0.15, 0.2) is 12.4 Å². The van der Waals surface area contributed by atoms with Crippen LogP contribution in [0.3, 0.4) is 0 Å². The predicted molar refractivity (Wildman–Crippen MR) is 122 cm³/mol. The van der Waals surface area contributed by atoms with Crippen LogP contribution in [0.1, 0.15) is 130 Å². The van der Waals surface area contributed by atoms with Crippen molar-refractivity contribution in [3.63, 3.8) is 0 Å². The van der Waals surface area contributed by atoms with E-state index in [1.54, 1.807) is 0 Å². The van der Waals surface area contributed by atoms with Crippen molar-refractivity contribution in [2.75, 3.05) is 13.1 Å². The van der Waals surface area contributed by atoms with Gasteiger partial charge in [-0.15, -0.1) is 0 Å². The Balaban J connectivity index is 2.01. The van der Waals surface area contributed by atoms with E-state index in [1.807, 2.05) is 0 Å². The molecule has 0 aliphatic carbocycles. The Morgan fingerprint density at radius 2 is 0.963 bits per heavy atom. The molecule has 0 spiro atoms. The number of unbranched alkanes of at least 4 members (excludes halogenated alkanes) is 14. The average molecular weight is 379 g/mol. The second-order valence-corrected chi connectivity index (χ2v) is 8.59. The van der Waals surface area contributed by atoms with E-state index in [4.69, 9.17) is 0 Å². The lowest BCUT2D eigenvalue weighted by Gasteiger charge is -2.32. The second-order valence-electron chi connectivity index (χ2n) is 8.59. The van der Waals surface area contributed by atoms with Crippen LogP contribution in [-0.2, 0) is 0 Å². The van der Waals surface area contributed by atoms with Crippen molar-refractivity contribution in [1.82, 2.24) is 9.80 Å². The molecule has 2 nitrogen and oxygen atoms in total. The Kier molecular flexibility index (Phi) is 15.7. The molecule has 1 unspecified atom stereocenters. The first-order valence-electron chi connectivity index (χ1n) is 12.5.